The standard InChI is InChI=1S/C11H15N5O2S2/c1-14(2)9-8(16(17)18)10(13-7-12-9)20-11(19)15-5-3-4-6-15/h7H,3-6H2,1-2H3. The first-order valence-corrected chi connectivity index (χ1v) is 7.36. The number of nitrogens with zero attached hydrogens (tertiary/aromatic N) is 5. The van der Waals surface area contributed by atoms with Crippen molar-refractivity contribution in [3.63, 3.8) is 0 Å². The van der Waals surface area contributed by atoms with Crippen LogP contribution in [0, 0.1) is 10.1 Å². The maximum absolute atomic E-state index is 11.3. The summed E-state index contributed by atoms with van der Waals surface area (Å²) in [5, 5.41) is 11.6. The van der Waals surface area contributed by atoms with Crippen molar-refractivity contribution in [3.05, 3.63) is 16.4 Å². The molecule has 7 nitrogen and oxygen atoms in total. The lowest BCUT2D eigenvalue weighted by Gasteiger charge is -2.18. The van der Waals surface area contributed by atoms with Crippen molar-refractivity contribution in [2.24, 2.45) is 0 Å². The molecule has 0 spiro atoms. The van der Waals surface area contributed by atoms with Gasteiger partial charge in [-0.25, -0.2) is 9.97 Å². The maximum Gasteiger partial charge on any atom is 0.343 e. The van der Waals surface area contributed by atoms with Crippen LogP contribution in [0.25, 0.3) is 0 Å². The summed E-state index contributed by atoms with van der Waals surface area (Å²) in [6, 6.07) is 0. The normalized spacial score (nSPS) is 14.4. The lowest BCUT2D eigenvalue weighted by molar-refractivity contribution is -0.387. The average Bonchev–Trinajstić information content (AvgIpc) is 2.91. The van der Waals surface area contributed by atoms with Crippen LogP contribution in [0.3, 0.4) is 0 Å². The monoisotopic (exact) mass is 313 g/mol. The van der Waals surface area contributed by atoms with Crippen LogP contribution in [0.15, 0.2) is 11.4 Å². The molecular formula is C11H15N5O2S2. The molecule has 1 fully saturated rings. The van der Waals surface area contributed by atoms with Gasteiger partial charge in [-0.2, -0.15) is 0 Å². The van der Waals surface area contributed by atoms with Crippen LogP contribution < -0.4 is 4.90 Å². The van der Waals surface area contributed by atoms with Gasteiger partial charge in [0.15, 0.2) is 5.03 Å². The van der Waals surface area contributed by atoms with E-state index < -0.39 is 4.92 Å². The van der Waals surface area contributed by atoms with Crippen LogP contribution in [0.1, 0.15) is 12.8 Å². The van der Waals surface area contributed by atoms with E-state index >= 15 is 0 Å². The van der Waals surface area contributed by atoms with Crippen molar-refractivity contribution in [1.29, 1.82) is 0 Å². The Kier molecular flexibility index (Phi) is 4.71. The molecule has 1 saturated heterocycles. The number of hydrogen-bond donors (Lipinski definition) is 0. The van der Waals surface area contributed by atoms with Crippen molar-refractivity contribution in [2.75, 3.05) is 32.1 Å². The number of thiocarbonyl (C=S) groups is 1. The largest absolute Gasteiger partial charge is 0.357 e. The Balaban J connectivity index is 2.28. The van der Waals surface area contributed by atoms with Crippen molar-refractivity contribution in [2.45, 2.75) is 17.9 Å². The molecule has 0 bridgehead atoms. The number of nitro groups is 1. The van der Waals surface area contributed by atoms with Gasteiger partial charge in [0.1, 0.15) is 10.6 Å². The van der Waals surface area contributed by atoms with Gasteiger partial charge in [-0.3, -0.25) is 10.1 Å². The van der Waals surface area contributed by atoms with Crippen LogP contribution in [0.4, 0.5) is 11.5 Å². The third kappa shape index (κ3) is 3.15. The zero-order valence-corrected chi connectivity index (χ0v) is 12.9. The molecule has 108 valence electrons. The number of aromatic nitrogens is 2. The van der Waals surface area contributed by atoms with Crippen molar-refractivity contribution in [3.8, 4) is 0 Å². The first-order valence-electron chi connectivity index (χ1n) is 6.14. The minimum atomic E-state index is -0.454. The molecule has 0 radical (unpaired) electrons. The van der Waals surface area contributed by atoms with Crippen LogP contribution in [0.2, 0.25) is 0 Å². The highest BCUT2D eigenvalue weighted by atomic mass is 32.2. The van der Waals surface area contributed by atoms with Crippen LogP contribution >= 0.6 is 24.0 Å². The number of anilines is 1. The van der Waals surface area contributed by atoms with E-state index in [-0.39, 0.29) is 11.5 Å². The Bertz CT molecular complexity index is 532. The summed E-state index contributed by atoms with van der Waals surface area (Å²) >= 11 is 6.51. The summed E-state index contributed by atoms with van der Waals surface area (Å²) in [4.78, 5) is 22.5. The Hall–Kier alpha value is -1.48. The maximum atomic E-state index is 11.3. The Morgan fingerprint density at radius 3 is 2.65 bits per heavy atom. The number of thioether (sulfide) groups is 1. The van der Waals surface area contributed by atoms with Gasteiger partial charge in [-0.1, -0.05) is 12.2 Å². The minimum Gasteiger partial charge on any atom is -0.357 e. The van der Waals surface area contributed by atoms with E-state index in [1.165, 1.54) is 18.1 Å². The van der Waals surface area contributed by atoms with Crippen LogP contribution in [-0.2, 0) is 0 Å². The molecule has 1 aliphatic heterocycles. The fraction of sp³-hybridized carbons (Fsp3) is 0.545. The van der Waals surface area contributed by atoms with E-state index in [2.05, 4.69) is 14.9 Å². The van der Waals surface area contributed by atoms with Gasteiger partial charge in [-0.15, -0.1) is 0 Å². The second kappa shape index (κ2) is 6.31. The molecule has 0 aliphatic carbocycles. The quantitative estimate of drug-likeness (QED) is 0.275. The molecule has 2 heterocycles. The first kappa shape index (κ1) is 14.9. The molecule has 2 rings (SSSR count). The second-order valence-corrected chi connectivity index (χ2v) is 6.19. The molecule has 1 aliphatic rings. The highest BCUT2D eigenvalue weighted by Gasteiger charge is 2.27. The fourth-order valence-electron chi connectivity index (χ4n) is 1.96. The van der Waals surface area contributed by atoms with Gasteiger partial charge < -0.3 is 9.80 Å². The van der Waals surface area contributed by atoms with E-state index in [4.69, 9.17) is 12.2 Å². The fourth-order valence-corrected chi connectivity index (χ4v) is 3.22. The summed E-state index contributed by atoms with van der Waals surface area (Å²) in [5.74, 6) is 0.289. The molecule has 9 heteroatoms. The topological polar surface area (TPSA) is 75.4 Å². The van der Waals surface area contributed by atoms with Gasteiger partial charge in [0.05, 0.1) is 4.92 Å². The van der Waals surface area contributed by atoms with Gasteiger partial charge in [0.2, 0.25) is 5.82 Å². The Labute approximate surface area is 126 Å². The van der Waals surface area contributed by atoms with Crippen LogP contribution in [-0.4, -0.2) is 51.3 Å². The molecule has 0 aromatic carbocycles. The molecule has 1 aromatic rings. The van der Waals surface area contributed by atoms with Gasteiger partial charge in [0, 0.05) is 27.2 Å². The van der Waals surface area contributed by atoms with E-state index in [0.29, 0.717) is 9.35 Å². The molecule has 0 N–H and O–H groups in total. The van der Waals surface area contributed by atoms with Crippen molar-refractivity contribution in [1.82, 2.24) is 14.9 Å². The molecular weight excluding hydrogens is 298 g/mol. The number of hydrogen-bond acceptors (Lipinski definition) is 7. The van der Waals surface area contributed by atoms with Crippen LogP contribution in [0.5, 0.6) is 0 Å². The SMILES string of the molecule is CN(C)c1ncnc(SC(=S)N2CCCC2)c1[N+](=O)[O-]. The molecule has 20 heavy (non-hydrogen) atoms. The Morgan fingerprint density at radius 1 is 1.45 bits per heavy atom. The molecule has 1 aromatic heterocycles. The van der Waals surface area contributed by atoms with Gasteiger partial charge >= 0.3 is 5.69 Å². The predicted octanol–water partition coefficient (Wildman–Crippen LogP) is 1.92. The summed E-state index contributed by atoms with van der Waals surface area (Å²) in [5.41, 5.74) is -0.0935. The molecule has 0 atom stereocenters. The average molecular weight is 313 g/mol. The second-order valence-electron chi connectivity index (χ2n) is 4.56. The highest BCUT2D eigenvalue weighted by molar-refractivity contribution is 8.22. The summed E-state index contributed by atoms with van der Waals surface area (Å²) in [6.45, 7) is 1.82. The van der Waals surface area contributed by atoms with Crippen molar-refractivity contribution >= 4 is 39.8 Å². The summed E-state index contributed by atoms with van der Waals surface area (Å²) in [6.07, 6.45) is 3.54. The summed E-state index contributed by atoms with van der Waals surface area (Å²) in [7, 11) is 3.42. The predicted molar refractivity (Wildman–Crippen MR) is 82.3 cm³/mol. The zero-order valence-electron chi connectivity index (χ0n) is 11.3. The zero-order chi connectivity index (χ0) is 14.7. The third-order valence-electron chi connectivity index (χ3n) is 2.92. The van der Waals surface area contributed by atoms with Gasteiger partial charge in [-0.05, 0) is 24.6 Å². The number of rotatable bonds is 3. The van der Waals surface area contributed by atoms with E-state index in [9.17, 15) is 10.1 Å². The van der Waals surface area contributed by atoms with Gasteiger partial charge in [0.25, 0.3) is 0 Å². The molecule has 0 amide bonds. The number of likely N-dealkylation sites (tertiary alicyclic amines) is 1. The Morgan fingerprint density at radius 2 is 2.10 bits per heavy atom. The van der Waals surface area contributed by atoms with E-state index in [1.54, 1.807) is 19.0 Å². The van der Waals surface area contributed by atoms with E-state index in [0.717, 1.165) is 25.9 Å². The lowest BCUT2D eigenvalue weighted by Crippen LogP contribution is -2.23. The highest BCUT2D eigenvalue weighted by Crippen LogP contribution is 2.35. The third-order valence-corrected chi connectivity index (χ3v) is 4.36. The van der Waals surface area contributed by atoms with E-state index in [1.807, 2.05) is 0 Å². The molecule has 0 unspecified atom stereocenters. The minimum absolute atomic E-state index is 0.0935. The summed E-state index contributed by atoms with van der Waals surface area (Å²) < 4.78 is 0.633. The molecule has 0 saturated carbocycles. The first-order chi connectivity index (χ1) is 9.50. The lowest BCUT2D eigenvalue weighted by atomic mass is 10.4. The van der Waals surface area contributed by atoms with Crippen molar-refractivity contribution < 1.29 is 4.92 Å². The smallest absolute Gasteiger partial charge is 0.343 e.